The van der Waals surface area contributed by atoms with Gasteiger partial charge in [0, 0.05) is 22.6 Å². The third-order valence-electron chi connectivity index (χ3n) is 4.86. The zero-order chi connectivity index (χ0) is 24.1. The summed E-state index contributed by atoms with van der Waals surface area (Å²) in [5, 5.41) is 7.35. The van der Waals surface area contributed by atoms with E-state index in [9.17, 15) is 18.0 Å². The van der Waals surface area contributed by atoms with E-state index in [1.54, 1.807) is 60.7 Å². The van der Waals surface area contributed by atoms with Gasteiger partial charge in [-0.15, -0.1) is 11.3 Å². The Kier molecular flexibility index (Phi) is 6.76. The minimum Gasteiger partial charge on any atom is -0.322 e. The Morgan fingerprint density at radius 2 is 1.35 bits per heavy atom. The van der Waals surface area contributed by atoms with Gasteiger partial charge in [-0.05, 0) is 73.0 Å². The van der Waals surface area contributed by atoms with Gasteiger partial charge in [-0.2, -0.15) is 0 Å². The number of hydrogen-bond acceptors (Lipinski definition) is 5. The van der Waals surface area contributed by atoms with Crippen molar-refractivity contribution < 1.29 is 18.0 Å². The van der Waals surface area contributed by atoms with Crippen molar-refractivity contribution in [2.45, 2.75) is 11.8 Å². The Morgan fingerprint density at radius 3 is 1.97 bits per heavy atom. The first-order chi connectivity index (χ1) is 16.3. The van der Waals surface area contributed by atoms with Crippen LogP contribution in [0.25, 0.3) is 0 Å². The molecule has 3 aromatic carbocycles. The van der Waals surface area contributed by atoms with Crippen LogP contribution < -0.4 is 15.4 Å². The monoisotopic (exact) mass is 491 g/mol. The van der Waals surface area contributed by atoms with Crippen LogP contribution in [0.4, 0.5) is 17.1 Å². The Bertz CT molecular complexity index is 1410. The average molecular weight is 492 g/mol. The molecular formula is C25H21N3O4S2. The first kappa shape index (κ1) is 23.2. The smallest absolute Gasteiger partial charge is 0.265 e. The fourth-order valence-electron chi connectivity index (χ4n) is 3.08. The van der Waals surface area contributed by atoms with Gasteiger partial charge in [0.05, 0.1) is 9.77 Å². The number of thiophene rings is 1. The fourth-order valence-corrected chi connectivity index (χ4v) is 4.80. The zero-order valence-electron chi connectivity index (χ0n) is 18.1. The molecule has 4 aromatic rings. The summed E-state index contributed by atoms with van der Waals surface area (Å²) in [5.41, 5.74) is 2.74. The van der Waals surface area contributed by atoms with Gasteiger partial charge in [0.1, 0.15) is 0 Å². The second-order valence-electron chi connectivity index (χ2n) is 7.46. The number of amides is 2. The van der Waals surface area contributed by atoms with Gasteiger partial charge in [-0.25, -0.2) is 8.42 Å². The molecule has 9 heteroatoms. The van der Waals surface area contributed by atoms with Crippen molar-refractivity contribution in [3.05, 3.63) is 106 Å². The largest absolute Gasteiger partial charge is 0.322 e. The first-order valence-corrected chi connectivity index (χ1v) is 12.6. The Hall–Kier alpha value is -3.95. The van der Waals surface area contributed by atoms with E-state index in [0.717, 1.165) is 5.56 Å². The number of benzene rings is 3. The number of nitrogens with one attached hydrogen (secondary N) is 3. The highest BCUT2D eigenvalue weighted by Gasteiger charge is 2.17. The van der Waals surface area contributed by atoms with Gasteiger partial charge in [0.15, 0.2) is 0 Å². The lowest BCUT2D eigenvalue weighted by Crippen LogP contribution is -2.16. The second-order valence-corrected chi connectivity index (χ2v) is 10.1. The summed E-state index contributed by atoms with van der Waals surface area (Å²) in [4.78, 5) is 25.4. The van der Waals surface area contributed by atoms with E-state index in [4.69, 9.17) is 0 Å². The van der Waals surface area contributed by atoms with Crippen LogP contribution >= 0.6 is 11.3 Å². The van der Waals surface area contributed by atoms with Gasteiger partial charge in [-0.1, -0.05) is 29.8 Å². The maximum absolute atomic E-state index is 12.8. The molecule has 0 saturated carbocycles. The van der Waals surface area contributed by atoms with E-state index < -0.39 is 15.9 Å². The first-order valence-electron chi connectivity index (χ1n) is 10.3. The molecule has 1 heterocycles. The van der Waals surface area contributed by atoms with Crippen molar-refractivity contribution in [1.29, 1.82) is 0 Å². The molecule has 0 aliphatic rings. The predicted octanol–water partition coefficient (Wildman–Crippen LogP) is 5.36. The lowest BCUT2D eigenvalue weighted by Gasteiger charge is -2.11. The van der Waals surface area contributed by atoms with E-state index >= 15 is 0 Å². The summed E-state index contributed by atoms with van der Waals surface area (Å²) >= 11 is 1.35. The maximum atomic E-state index is 12.8. The van der Waals surface area contributed by atoms with Crippen molar-refractivity contribution >= 4 is 50.2 Å². The maximum Gasteiger partial charge on any atom is 0.265 e. The Labute approximate surface area is 201 Å². The summed E-state index contributed by atoms with van der Waals surface area (Å²) in [5.74, 6) is -0.660. The molecule has 1 aromatic heterocycles. The van der Waals surface area contributed by atoms with Crippen molar-refractivity contribution in [2.75, 3.05) is 15.4 Å². The van der Waals surface area contributed by atoms with Gasteiger partial charge in [0.25, 0.3) is 21.8 Å². The van der Waals surface area contributed by atoms with E-state index in [1.165, 1.54) is 35.6 Å². The molecule has 0 bridgehead atoms. The molecular weight excluding hydrogens is 470 g/mol. The Morgan fingerprint density at radius 1 is 0.735 bits per heavy atom. The lowest BCUT2D eigenvalue weighted by atomic mass is 10.2. The number of sulfonamides is 1. The molecule has 0 aliphatic heterocycles. The molecule has 3 N–H and O–H groups in total. The summed E-state index contributed by atoms with van der Waals surface area (Å²) in [7, 11) is -3.86. The Balaban J connectivity index is 1.43. The minimum atomic E-state index is -3.86. The average Bonchev–Trinajstić information content (AvgIpc) is 3.37. The third-order valence-corrected chi connectivity index (χ3v) is 7.10. The summed E-state index contributed by atoms with van der Waals surface area (Å²) in [6, 6.07) is 23.0. The van der Waals surface area contributed by atoms with Crippen LogP contribution in [-0.2, 0) is 10.0 Å². The second kappa shape index (κ2) is 9.90. The van der Waals surface area contributed by atoms with E-state index in [2.05, 4.69) is 15.4 Å². The highest BCUT2D eigenvalue weighted by Crippen LogP contribution is 2.20. The number of carbonyl (C=O) groups excluding carboxylic acids is 2. The molecule has 7 nitrogen and oxygen atoms in total. The van der Waals surface area contributed by atoms with Crippen LogP contribution in [0.3, 0.4) is 0 Å². The lowest BCUT2D eigenvalue weighted by molar-refractivity contribution is 0.102. The normalized spacial score (nSPS) is 11.0. The topological polar surface area (TPSA) is 104 Å². The molecule has 0 radical (unpaired) electrons. The van der Waals surface area contributed by atoms with Crippen LogP contribution in [0.2, 0.25) is 0 Å². The number of aryl methyl sites for hydroxylation is 1. The molecule has 172 valence electrons. The number of carbonyl (C=O) groups is 2. The molecule has 0 fully saturated rings. The number of hydrogen-bond donors (Lipinski definition) is 3. The van der Waals surface area contributed by atoms with Gasteiger partial charge in [-0.3, -0.25) is 14.3 Å². The summed E-state index contributed by atoms with van der Waals surface area (Å²) in [6.07, 6.45) is 0. The van der Waals surface area contributed by atoms with Gasteiger partial charge >= 0.3 is 0 Å². The number of anilines is 3. The molecule has 0 atom stereocenters. The molecule has 2 amide bonds. The zero-order valence-corrected chi connectivity index (χ0v) is 19.7. The standard InChI is InChI=1S/C25H21N3O4S2/c1-17-7-9-21(10-8-17)28-34(31,32)22-5-2-4-18(16-22)24(29)26-19-11-13-20(14-12-19)27-25(30)23-6-3-15-33-23/h2-16,28H,1H3,(H,26,29)(H,27,30). The van der Waals surface area contributed by atoms with Crippen molar-refractivity contribution in [3.8, 4) is 0 Å². The molecule has 0 unspecified atom stereocenters. The van der Waals surface area contributed by atoms with Crippen LogP contribution in [-0.4, -0.2) is 20.2 Å². The van der Waals surface area contributed by atoms with Crippen molar-refractivity contribution in [2.24, 2.45) is 0 Å². The predicted molar refractivity (Wildman–Crippen MR) is 135 cm³/mol. The molecule has 0 spiro atoms. The van der Waals surface area contributed by atoms with Crippen molar-refractivity contribution in [1.82, 2.24) is 0 Å². The van der Waals surface area contributed by atoms with Crippen LogP contribution in [0.15, 0.2) is 95.2 Å². The van der Waals surface area contributed by atoms with E-state index in [-0.39, 0.29) is 16.4 Å². The summed E-state index contributed by atoms with van der Waals surface area (Å²) < 4.78 is 28.0. The molecule has 0 saturated heterocycles. The quantitative estimate of drug-likeness (QED) is 0.324. The molecule has 0 aliphatic carbocycles. The fraction of sp³-hybridized carbons (Fsp3) is 0.0400. The van der Waals surface area contributed by atoms with Gasteiger partial charge < -0.3 is 10.6 Å². The van der Waals surface area contributed by atoms with Gasteiger partial charge in [0.2, 0.25) is 0 Å². The highest BCUT2D eigenvalue weighted by atomic mass is 32.2. The van der Waals surface area contributed by atoms with Crippen LogP contribution in [0, 0.1) is 6.92 Å². The third kappa shape index (κ3) is 5.69. The SMILES string of the molecule is Cc1ccc(NS(=O)(=O)c2cccc(C(=O)Nc3ccc(NC(=O)c4cccs4)cc3)c2)cc1. The summed E-state index contributed by atoms with van der Waals surface area (Å²) in [6.45, 7) is 1.91. The molecule has 34 heavy (non-hydrogen) atoms. The van der Waals surface area contributed by atoms with E-state index in [0.29, 0.717) is 21.9 Å². The number of rotatable bonds is 7. The minimum absolute atomic E-state index is 0.0210. The van der Waals surface area contributed by atoms with Crippen LogP contribution in [0.5, 0.6) is 0 Å². The highest BCUT2D eigenvalue weighted by molar-refractivity contribution is 7.92. The van der Waals surface area contributed by atoms with Crippen LogP contribution in [0.1, 0.15) is 25.6 Å². The van der Waals surface area contributed by atoms with Crippen molar-refractivity contribution in [3.63, 3.8) is 0 Å². The van der Waals surface area contributed by atoms with E-state index in [1.807, 2.05) is 12.3 Å². The molecule has 4 rings (SSSR count).